The molecule has 0 saturated carbocycles. The molecule has 0 saturated heterocycles. The van der Waals surface area contributed by atoms with Crippen LogP contribution in [0, 0.1) is 6.92 Å². The van der Waals surface area contributed by atoms with E-state index in [1.807, 2.05) is 12.1 Å². The van der Waals surface area contributed by atoms with Gasteiger partial charge in [0, 0.05) is 19.6 Å². The van der Waals surface area contributed by atoms with Gasteiger partial charge in [0.1, 0.15) is 0 Å². The molecule has 1 N–H and O–H groups in total. The van der Waals surface area contributed by atoms with E-state index < -0.39 is 6.10 Å². The molecule has 2 nitrogen and oxygen atoms in total. The molecule has 0 aliphatic carbocycles. The molecule has 1 atom stereocenters. The topological polar surface area (TPSA) is 23.5 Å². The van der Waals surface area contributed by atoms with Gasteiger partial charge in [-0.25, -0.2) is 0 Å². The Labute approximate surface area is 126 Å². The Morgan fingerprint density at radius 2 is 1.76 bits per heavy atom. The van der Waals surface area contributed by atoms with Crippen molar-refractivity contribution in [1.82, 2.24) is 4.90 Å². The summed E-state index contributed by atoms with van der Waals surface area (Å²) in [6.07, 6.45) is 1.60. The van der Waals surface area contributed by atoms with E-state index in [0.29, 0.717) is 6.54 Å². The van der Waals surface area contributed by atoms with Crippen LogP contribution < -0.4 is 0 Å². The van der Waals surface area contributed by atoms with Gasteiger partial charge in [-0.15, -0.1) is 0 Å². The van der Waals surface area contributed by atoms with Crippen LogP contribution in [0.1, 0.15) is 16.7 Å². The van der Waals surface area contributed by atoms with Gasteiger partial charge < -0.3 is 5.11 Å². The molecule has 1 aliphatic heterocycles. The van der Waals surface area contributed by atoms with Gasteiger partial charge >= 0.3 is 0 Å². The van der Waals surface area contributed by atoms with E-state index >= 15 is 0 Å². The van der Waals surface area contributed by atoms with Crippen molar-refractivity contribution in [2.24, 2.45) is 0 Å². The van der Waals surface area contributed by atoms with Gasteiger partial charge in [-0.1, -0.05) is 60.2 Å². The SMILES string of the molecule is Cc1ccc(C2=CC(O)CN(Cc3ccccc3)C2)cc1. The first kappa shape index (κ1) is 14.1. The minimum atomic E-state index is -0.390. The zero-order valence-electron chi connectivity index (χ0n) is 12.4. The average Bonchev–Trinajstić information content (AvgIpc) is 2.48. The number of hydrogen-bond donors (Lipinski definition) is 1. The number of rotatable bonds is 3. The quantitative estimate of drug-likeness (QED) is 0.932. The predicted molar refractivity (Wildman–Crippen MR) is 86.9 cm³/mol. The molecule has 0 spiro atoms. The van der Waals surface area contributed by atoms with E-state index in [4.69, 9.17) is 0 Å². The van der Waals surface area contributed by atoms with Gasteiger partial charge in [0.25, 0.3) is 0 Å². The Hall–Kier alpha value is -1.90. The maximum Gasteiger partial charge on any atom is 0.0854 e. The van der Waals surface area contributed by atoms with Gasteiger partial charge in [-0.05, 0) is 29.7 Å². The predicted octanol–water partition coefficient (Wildman–Crippen LogP) is 3.26. The highest BCUT2D eigenvalue weighted by Gasteiger charge is 2.19. The van der Waals surface area contributed by atoms with E-state index in [2.05, 4.69) is 60.4 Å². The monoisotopic (exact) mass is 279 g/mol. The standard InChI is InChI=1S/C19H21NO/c1-15-7-9-17(10-8-15)18-11-19(21)14-20(13-18)12-16-5-3-2-4-6-16/h2-11,19,21H,12-14H2,1H3. The molecule has 0 fully saturated rings. The molecular formula is C19H21NO. The van der Waals surface area contributed by atoms with Crippen LogP contribution in [0.3, 0.4) is 0 Å². The van der Waals surface area contributed by atoms with Gasteiger partial charge in [0.2, 0.25) is 0 Å². The van der Waals surface area contributed by atoms with Crippen molar-refractivity contribution in [3.05, 3.63) is 77.4 Å². The number of hydrogen-bond acceptors (Lipinski definition) is 2. The van der Waals surface area contributed by atoms with Crippen molar-refractivity contribution < 1.29 is 5.11 Å². The Balaban J connectivity index is 1.76. The maximum absolute atomic E-state index is 10.1. The molecule has 0 amide bonds. The van der Waals surface area contributed by atoms with Crippen molar-refractivity contribution in [1.29, 1.82) is 0 Å². The third-order valence-electron chi connectivity index (χ3n) is 3.90. The first-order valence-corrected chi connectivity index (χ1v) is 7.43. The van der Waals surface area contributed by atoms with E-state index in [9.17, 15) is 5.11 Å². The van der Waals surface area contributed by atoms with Crippen molar-refractivity contribution in [2.75, 3.05) is 13.1 Å². The summed E-state index contributed by atoms with van der Waals surface area (Å²) in [5.41, 5.74) is 4.97. The number of aliphatic hydroxyl groups excluding tert-OH is 1. The summed E-state index contributed by atoms with van der Waals surface area (Å²) in [6.45, 7) is 4.55. The van der Waals surface area contributed by atoms with Crippen LogP contribution in [0.4, 0.5) is 0 Å². The van der Waals surface area contributed by atoms with Crippen LogP contribution in [0.15, 0.2) is 60.7 Å². The molecule has 2 aromatic rings. The van der Waals surface area contributed by atoms with Crippen molar-refractivity contribution in [3.8, 4) is 0 Å². The largest absolute Gasteiger partial charge is 0.388 e. The summed E-state index contributed by atoms with van der Waals surface area (Å²) >= 11 is 0. The highest BCUT2D eigenvalue weighted by molar-refractivity contribution is 5.68. The summed E-state index contributed by atoms with van der Waals surface area (Å²) in [5.74, 6) is 0. The normalized spacial score (nSPS) is 19.3. The number of nitrogens with zero attached hydrogens (tertiary/aromatic N) is 1. The molecule has 1 unspecified atom stereocenters. The summed E-state index contributed by atoms with van der Waals surface area (Å²) in [6, 6.07) is 19.0. The average molecular weight is 279 g/mol. The molecule has 3 rings (SSSR count). The third kappa shape index (κ3) is 3.60. The fraction of sp³-hybridized carbons (Fsp3) is 0.263. The maximum atomic E-state index is 10.1. The summed E-state index contributed by atoms with van der Waals surface area (Å²) in [5, 5.41) is 10.1. The van der Waals surface area contributed by atoms with Crippen LogP contribution in [-0.2, 0) is 6.54 Å². The second kappa shape index (κ2) is 6.25. The lowest BCUT2D eigenvalue weighted by atomic mass is 9.98. The van der Waals surface area contributed by atoms with E-state index in [1.54, 1.807) is 0 Å². The van der Waals surface area contributed by atoms with Crippen LogP contribution in [0.2, 0.25) is 0 Å². The Bertz CT molecular complexity index is 616. The molecular weight excluding hydrogens is 258 g/mol. The van der Waals surface area contributed by atoms with Gasteiger partial charge in [-0.2, -0.15) is 0 Å². The fourth-order valence-electron chi connectivity index (χ4n) is 2.82. The molecule has 0 aromatic heterocycles. The van der Waals surface area contributed by atoms with Crippen molar-refractivity contribution in [3.63, 3.8) is 0 Å². The minimum absolute atomic E-state index is 0.390. The van der Waals surface area contributed by atoms with Crippen LogP contribution >= 0.6 is 0 Å². The van der Waals surface area contributed by atoms with E-state index in [-0.39, 0.29) is 0 Å². The second-order valence-corrected chi connectivity index (χ2v) is 5.78. The van der Waals surface area contributed by atoms with Crippen LogP contribution in [0.25, 0.3) is 5.57 Å². The van der Waals surface area contributed by atoms with E-state index in [1.165, 1.54) is 22.3 Å². The molecule has 21 heavy (non-hydrogen) atoms. The Morgan fingerprint density at radius 1 is 1.05 bits per heavy atom. The Morgan fingerprint density at radius 3 is 2.48 bits per heavy atom. The molecule has 0 radical (unpaired) electrons. The Kier molecular flexibility index (Phi) is 4.18. The van der Waals surface area contributed by atoms with Crippen LogP contribution in [-0.4, -0.2) is 29.2 Å². The van der Waals surface area contributed by atoms with Crippen molar-refractivity contribution >= 4 is 5.57 Å². The van der Waals surface area contributed by atoms with E-state index in [0.717, 1.165) is 13.1 Å². The zero-order valence-corrected chi connectivity index (χ0v) is 12.4. The minimum Gasteiger partial charge on any atom is -0.388 e. The molecule has 0 bridgehead atoms. The summed E-state index contributed by atoms with van der Waals surface area (Å²) in [4.78, 5) is 2.30. The molecule has 1 heterocycles. The molecule has 108 valence electrons. The number of benzene rings is 2. The lowest BCUT2D eigenvalue weighted by Gasteiger charge is -2.30. The third-order valence-corrected chi connectivity index (χ3v) is 3.90. The highest BCUT2D eigenvalue weighted by Crippen LogP contribution is 2.22. The summed E-state index contributed by atoms with van der Waals surface area (Å²) < 4.78 is 0. The lowest BCUT2D eigenvalue weighted by molar-refractivity contribution is 0.143. The van der Waals surface area contributed by atoms with Crippen LogP contribution in [0.5, 0.6) is 0 Å². The number of aryl methyl sites for hydroxylation is 1. The smallest absolute Gasteiger partial charge is 0.0854 e. The fourth-order valence-corrected chi connectivity index (χ4v) is 2.82. The first-order valence-electron chi connectivity index (χ1n) is 7.43. The van der Waals surface area contributed by atoms with Crippen molar-refractivity contribution in [2.45, 2.75) is 19.6 Å². The zero-order chi connectivity index (χ0) is 14.7. The number of β-amino-alcohol motifs (C(OH)–C–C–N with tert-alkyl or cyclic N) is 1. The molecule has 2 aromatic carbocycles. The highest BCUT2D eigenvalue weighted by atomic mass is 16.3. The van der Waals surface area contributed by atoms with Gasteiger partial charge in [0.05, 0.1) is 6.10 Å². The summed E-state index contributed by atoms with van der Waals surface area (Å²) in [7, 11) is 0. The molecule has 2 heteroatoms. The second-order valence-electron chi connectivity index (χ2n) is 5.78. The molecule has 1 aliphatic rings. The number of aliphatic hydroxyl groups is 1. The van der Waals surface area contributed by atoms with Gasteiger partial charge in [-0.3, -0.25) is 4.90 Å². The van der Waals surface area contributed by atoms with Gasteiger partial charge in [0.15, 0.2) is 0 Å². The lowest BCUT2D eigenvalue weighted by Crippen LogP contribution is -2.36. The first-order chi connectivity index (χ1) is 10.2.